The zero-order valence-electron chi connectivity index (χ0n) is 15.2. The maximum atomic E-state index is 12.8. The van der Waals surface area contributed by atoms with Crippen molar-refractivity contribution in [1.82, 2.24) is 9.88 Å². The van der Waals surface area contributed by atoms with Gasteiger partial charge >= 0.3 is 0 Å². The lowest BCUT2D eigenvalue weighted by Gasteiger charge is -2.38. The molecule has 1 aliphatic heterocycles. The highest BCUT2D eigenvalue weighted by Gasteiger charge is 2.32. The SMILES string of the molecule is CO[C@H]1CCN(C(=O)c2cncc(C)c2)C[C@@H]1Cc1cccc(C)c1. The van der Waals surface area contributed by atoms with Crippen LogP contribution in [0.2, 0.25) is 0 Å². The largest absolute Gasteiger partial charge is 0.381 e. The van der Waals surface area contributed by atoms with E-state index in [4.69, 9.17) is 4.74 Å². The minimum atomic E-state index is 0.0694. The van der Waals surface area contributed by atoms with Crippen LogP contribution in [-0.4, -0.2) is 42.1 Å². The van der Waals surface area contributed by atoms with Gasteiger partial charge in [-0.15, -0.1) is 0 Å². The van der Waals surface area contributed by atoms with Crippen LogP contribution in [0, 0.1) is 19.8 Å². The lowest BCUT2D eigenvalue weighted by Crippen LogP contribution is -2.47. The van der Waals surface area contributed by atoms with Crippen LogP contribution in [0.25, 0.3) is 0 Å². The zero-order chi connectivity index (χ0) is 17.8. The molecule has 0 saturated carbocycles. The molecule has 4 heteroatoms. The van der Waals surface area contributed by atoms with Crippen molar-refractivity contribution >= 4 is 5.91 Å². The van der Waals surface area contributed by atoms with Gasteiger partial charge in [0.05, 0.1) is 11.7 Å². The predicted octanol–water partition coefficient (Wildman–Crippen LogP) is 3.42. The van der Waals surface area contributed by atoms with Crippen molar-refractivity contribution in [3.8, 4) is 0 Å². The Morgan fingerprint density at radius 1 is 1.24 bits per heavy atom. The molecule has 0 spiro atoms. The number of aromatic nitrogens is 1. The summed E-state index contributed by atoms with van der Waals surface area (Å²) in [5.74, 6) is 0.377. The second kappa shape index (κ2) is 7.79. The molecular weight excluding hydrogens is 312 g/mol. The maximum absolute atomic E-state index is 12.8. The number of ether oxygens (including phenoxy) is 1. The Morgan fingerprint density at radius 3 is 2.80 bits per heavy atom. The van der Waals surface area contributed by atoms with E-state index in [0.717, 1.165) is 31.5 Å². The maximum Gasteiger partial charge on any atom is 0.255 e. The molecule has 0 unspecified atom stereocenters. The van der Waals surface area contributed by atoms with E-state index in [1.165, 1.54) is 11.1 Å². The second-order valence-electron chi connectivity index (χ2n) is 7.02. The first-order chi connectivity index (χ1) is 12.1. The molecule has 25 heavy (non-hydrogen) atoms. The summed E-state index contributed by atoms with van der Waals surface area (Å²) in [4.78, 5) is 19.0. The number of carbonyl (C=O) groups is 1. The van der Waals surface area contributed by atoms with E-state index < -0.39 is 0 Å². The minimum Gasteiger partial charge on any atom is -0.381 e. The first kappa shape index (κ1) is 17.6. The average Bonchev–Trinajstić information content (AvgIpc) is 2.61. The summed E-state index contributed by atoms with van der Waals surface area (Å²) in [6, 6.07) is 10.5. The average molecular weight is 338 g/mol. The van der Waals surface area contributed by atoms with Crippen LogP contribution < -0.4 is 0 Å². The van der Waals surface area contributed by atoms with Gasteiger partial charge in [-0.05, 0) is 43.9 Å². The normalized spacial score (nSPS) is 20.5. The Balaban J connectivity index is 1.74. The number of piperidine rings is 1. The van der Waals surface area contributed by atoms with Crippen molar-refractivity contribution in [2.75, 3.05) is 20.2 Å². The Morgan fingerprint density at radius 2 is 2.08 bits per heavy atom. The number of likely N-dealkylation sites (tertiary alicyclic amines) is 1. The van der Waals surface area contributed by atoms with Crippen molar-refractivity contribution in [1.29, 1.82) is 0 Å². The molecule has 2 heterocycles. The number of aryl methyl sites for hydroxylation is 2. The third-order valence-electron chi connectivity index (χ3n) is 4.96. The van der Waals surface area contributed by atoms with Crippen molar-refractivity contribution in [3.63, 3.8) is 0 Å². The van der Waals surface area contributed by atoms with E-state index in [2.05, 4.69) is 36.2 Å². The highest BCUT2D eigenvalue weighted by Crippen LogP contribution is 2.25. The second-order valence-corrected chi connectivity index (χ2v) is 7.02. The molecule has 1 fully saturated rings. The fourth-order valence-electron chi connectivity index (χ4n) is 3.70. The topological polar surface area (TPSA) is 42.4 Å². The van der Waals surface area contributed by atoms with E-state index in [1.54, 1.807) is 19.5 Å². The van der Waals surface area contributed by atoms with Crippen LogP contribution in [0.3, 0.4) is 0 Å². The van der Waals surface area contributed by atoms with Crippen LogP contribution in [0.4, 0.5) is 0 Å². The van der Waals surface area contributed by atoms with Gasteiger partial charge in [0.25, 0.3) is 5.91 Å². The molecule has 1 aromatic heterocycles. The van der Waals surface area contributed by atoms with E-state index in [-0.39, 0.29) is 12.0 Å². The van der Waals surface area contributed by atoms with Crippen molar-refractivity contribution < 1.29 is 9.53 Å². The number of carbonyl (C=O) groups excluding carboxylic acids is 1. The number of nitrogens with zero attached hydrogens (tertiary/aromatic N) is 2. The Labute approximate surface area is 149 Å². The van der Waals surface area contributed by atoms with Gasteiger partial charge in [-0.25, -0.2) is 0 Å². The van der Waals surface area contributed by atoms with Gasteiger partial charge in [0.15, 0.2) is 0 Å². The monoisotopic (exact) mass is 338 g/mol. The Bertz CT molecular complexity index is 744. The van der Waals surface area contributed by atoms with Gasteiger partial charge in [0.1, 0.15) is 0 Å². The smallest absolute Gasteiger partial charge is 0.255 e. The fourth-order valence-corrected chi connectivity index (χ4v) is 3.70. The summed E-state index contributed by atoms with van der Waals surface area (Å²) < 4.78 is 5.71. The third-order valence-corrected chi connectivity index (χ3v) is 4.96. The van der Waals surface area contributed by atoms with Crippen LogP contribution in [0.5, 0.6) is 0 Å². The van der Waals surface area contributed by atoms with E-state index in [1.807, 2.05) is 17.9 Å². The van der Waals surface area contributed by atoms with E-state index in [0.29, 0.717) is 11.5 Å². The van der Waals surface area contributed by atoms with Crippen LogP contribution >= 0.6 is 0 Å². The lowest BCUT2D eigenvalue weighted by atomic mass is 9.88. The van der Waals surface area contributed by atoms with Gasteiger partial charge in [-0.2, -0.15) is 0 Å². The van der Waals surface area contributed by atoms with Crippen LogP contribution in [0.15, 0.2) is 42.7 Å². The predicted molar refractivity (Wildman–Crippen MR) is 98.7 cm³/mol. The number of hydrogen-bond donors (Lipinski definition) is 0. The molecule has 0 aliphatic carbocycles. The first-order valence-corrected chi connectivity index (χ1v) is 8.86. The molecule has 0 radical (unpaired) electrons. The van der Waals surface area contributed by atoms with Gasteiger partial charge in [0, 0.05) is 38.5 Å². The van der Waals surface area contributed by atoms with Crippen molar-refractivity contribution in [2.45, 2.75) is 32.8 Å². The zero-order valence-corrected chi connectivity index (χ0v) is 15.2. The highest BCUT2D eigenvalue weighted by atomic mass is 16.5. The van der Waals surface area contributed by atoms with Crippen molar-refractivity contribution in [3.05, 3.63) is 65.0 Å². The Kier molecular flexibility index (Phi) is 5.49. The first-order valence-electron chi connectivity index (χ1n) is 8.86. The van der Waals surface area contributed by atoms with Gasteiger partial charge < -0.3 is 9.64 Å². The minimum absolute atomic E-state index is 0.0694. The lowest BCUT2D eigenvalue weighted by molar-refractivity contribution is -0.00301. The number of hydrogen-bond acceptors (Lipinski definition) is 3. The summed E-state index contributed by atoms with van der Waals surface area (Å²) in [5.41, 5.74) is 4.25. The molecule has 1 aromatic carbocycles. The standard InChI is InChI=1S/C21H26N2O2/c1-15-5-4-6-17(9-15)11-19-14-23(8-7-20(19)25-3)21(24)18-10-16(2)12-22-13-18/h4-6,9-10,12-13,19-20H,7-8,11,14H2,1-3H3/t19-,20-/m0/s1. The summed E-state index contributed by atoms with van der Waals surface area (Å²) in [6.45, 7) is 5.52. The summed E-state index contributed by atoms with van der Waals surface area (Å²) in [7, 11) is 1.77. The Hall–Kier alpha value is -2.20. The molecule has 4 nitrogen and oxygen atoms in total. The van der Waals surface area contributed by atoms with E-state index in [9.17, 15) is 4.79 Å². The van der Waals surface area contributed by atoms with Gasteiger partial charge in [-0.1, -0.05) is 29.8 Å². The molecule has 1 amide bonds. The highest BCUT2D eigenvalue weighted by molar-refractivity contribution is 5.94. The summed E-state index contributed by atoms with van der Waals surface area (Å²) >= 11 is 0. The van der Waals surface area contributed by atoms with Gasteiger partial charge in [0.2, 0.25) is 0 Å². The van der Waals surface area contributed by atoms with Crippen molar-refractivity contribution in [2.24, 2.45) is 5.92 Å². The third kappa shape index (κ3) is 4.26. The molecule has 0 N–H and O–H groups in total. The fraction of sp³-hybridized carbons (Fsp3) is 0.429. The van der Waals surface area contributed by atoms with Crippen LogP contribution in [0.1, 0.15) is 33.5 Å². The summed E-state index contributed by atoms with van der Waals surface area (Å²) in [6.07, 6.45) is 5.43. The van der Waals surface area contributed by atoms with Crippen LogP contribution in [-0.2, 0) is 11.2 Å². The van der Waals surface area contributed by atoms with E-state index >= 15 is 0 Å². The molecule has 1 aliphatic rings. The molecule has 1 saturated heterocycles. The molecule has 132 valence electrons. The number of methoxy groups -OCH3 is 1. The molecule has 3 rings (SSSR count). The van der Waals surface area contributed by atoms with Gasteiger partial charge in [-0.3, -0.25) is 9.78 Å². The molecular formula is C21H26N2O2. The number of amides is 1. The molecule has 0 bridgehead atoms. The molecule has 2 atom stereocenters. The number of pyridine rings is 1. The number of rotatable bonds is 4. The molecule has 2 aromatic rings. The number of benzene rings is 1. The quantitative estimate of drug-likeness (QED) is 0.858. The summed E-state index contributed by atoms with van der Waals surface area (Å²) in [5, 5.41) is 0.